The minimum atomic E-state index is -0.428. The summed E-state index contributed by atoms with van der Waals surface area (Å²) in [6, 6.07) is 7.97. The number of nitrogens with one attached hydrogen (secondary N) is 1. The summed E-state index contributed by atoms with van der Waals surface area (Å²) in [7, 11) is 0. The Balaban J connectivity index is 1.89. The molecule has 0 aliphatic heterocycles. The quantitative estimate of drug-likeness (QED) is 0.893. The zero-order chi connectivity index (χ0) is 13.4. The highest BCUT2D eigenvalue weighted by Gasteiger charge is 2.30. The molecule has 19 heavy (non-hydrogen) atoms. The van der Waals surface area contributed by atoms with Gasteiger partial charge in [-0.3, -0.25) is 0 Å². The van der Waals surface area contributed by atoms with E-state index in [0.717, 1.165) is 15.9 Å². The standard InChI is InChI=1S/C14H14BrN3O/c1-8-14(15)16-7-12(17-8)18-13-10-5-3-2-4-9(10)6-11(13)19/h2-5,7,11,13,19H,6H2,1H3,(H,17,18)/t11-,13+/m0/s1. The van der Waals surface area contributed by atoms with E-state index in [1.165, 1.54) is 5.56 Å². The summed E-state index contributed by atoms with van der Waals surface area (Å²) in [5, 5.41) is 13.4. The van der Waals surface area contributed by atoms with Gasteiger partial charge in [-0.15, -0.1) is 0 Å². The lowest BCUT2D eigenvalue weighted by Gasteiger charge is -2.18. The number of aromatic nitrogens is 2. The first-order valence-corrected chi connectivity index (χ1v) is 6.96. The van der Waals surface area contributed by atoms with Crippen LogP contribution in [0.25, 0.3) is 0 Å². The second-order valence-electron chi connectivity index (χ2n) is 4.72. The van der Waals surface area contributed by atoms with Crippen molar-refractivity contribution < 1.29 is 5.11 Å². The first-order valence-electron chi connectivity index (χ1n) is 6.16. The molecule has 0 bridgehead atoms. The second-order valence-corrected chi connectivity index (χ2v) is 5.47. The number of aliphatic hydroxyl groups excluding tert-OH is 1. The smallest absolute Gasteiger partial charge is 0.145 e. The van der Waals surface area contributed by atoms with Crippen LogP contribution in [-0.4, -0.2) is 21.2 Å². The van der Waals surface area contributed by atoms with Gasteiger partial charge in [0, 0.05) is 6.42 Å². The van der Waals surface area contributed by atoms with Crippen LogP contribution in [-0.2, 0) is 6.42 Å². The minimum Gasteiger partial charge on any atom is -0.390 e. The zero-order valence-electron chi connectivity index (χ0n) is 10.5. The van der Waals surface area contributed by atoms with E-state index in [4.69, 9.17) is 0 Å². The number of aryl methyl sites for hydroxylation is 1. The fraction of sp³-hybridized carbons (Fsp3) is 0.286. The van der Waals surface area contributed by atoms with Gasteiger partial charge >= 0.3 is 0 Å². The highest BCUT2D eigenvalue weighted by atomic mass is 79.9. The van der Waals surface area contributed by atoms with E-state index in [1.54, 1.807) is 6.20 Å². The first kappa shape index (κ1) is 12.6. The van der Waals surface area contributed by atoms with Gasteiger partial charge in [-0.1, -0.05) is 24.3 Å². The molecule has 1 aliphatic rings. The van der Waals surface area contributed by atoms with Crippen LogP contribution >= 0.6 is 15.9 Å². The van der Waals surface area contributed by atoms with Crippen molar-refractivity contribution in [3.63, 3.8) is 0 Å². The fourth-order valence-corrected chi connectivity index (χ4v) is 2.63. The van der Waals surface area contributed by atoms with E-state index in [0.29, 0.717) is 12.2 Å². The van der Waals surface area contributed by atoms with Crippen LogP contribution in [0.5, 0.6) is 0 Å². The Hall–Kier alpha value is -1.46. The molecule has 5 heteroatoms. The molecule has 98 valence electrons. The molecule has 0 radical (unpaired) electrons. The van der Waals surface area contributed by atoms with Gasteiger partial charge in [0.1, 0.15) is 10.4 Å². The maximum absolute atomic E-state index is 10.2. The number of hydrogen-bond acceptors (Lipinski definition) is 4. The number of nitrogens with zero attached hydrogens (tertiary/aromatic N) is 2. The Morgan fingerprint density at radius 3 is 2.95 bits per heavy atom. The molecule has 4 nitrogen and oxygen atoms in total. The highest BCUT2D eigenvalue weighted by Crippen LogP contribution is 2.33. The zero-order valence-corrected chi connectivity index (χ0v) is 12.1. The summed E-state index contributed by atoms with van der Waals surface area (Å²) in [6.45, 7) is 1.89. The van der Waals surface area contributed by atoms with Crippen molar-refractivity contribution in [2.24, 2.45) is 0 Å². The van der Waals surface area contributed by atoms with Crippen LogP contribution in [0.15, 0.2) is 35.1 Å². The molecular formula is C14H14BrN3O. The lowest BCUT2D eigenvalue weighted by atomic mass is 10.1. The Bertz CT molecular complexity index is 617. The molecule has 0 saturated carbocycles. The van der Waals surface area contributed by atoms with Crippen molar-refractivity contribution in [3.8, 4) is 0 Å². The van der Waals surface area contributed by atoms with Crippen molar-refractivity contribution in [1.82, 2.24) is 9.97 Å². The molecule has 0 fully saturated rings. The number of benzene rings is 1. The molecule has 0 saturated heterocycles. The first-order chi connectivity index (χ1) is 9.15. The number of rotatable bonds is 2. The Morgan fingerprint density at radius 1 is 1.37 bits per heavy atom. The summed E-state index contributed by atoms with van der Waals surface area (Å²) in [5.74, 6) is 0.682. The van der Waals surface area contributed by atoms with Crippen LogP contribution in [0.4, 0.5) is 5.82 Å². The number of fused-ring (bicyclic) bond motifs is 1. The minimum absolute atomic E-state index is 0.119. The molecule has 1 aromatic carbocycles. The second kappa shape index (κ2) is 4.90. The molecule has 2 atom stereocenters. The lowest BCUT2D eigenvalue weighted by molar-refractivity contribution is 0.165. The summed E-state index contributed by atoms with van der Waals surface area (Å²) in [4.78, 5) is 8.62. The molecule has 0 spiro atoms. The maximum atomic E-state index is 10.2. The van der Waals surface area contributed by atoms with Gasteiger partial charge in [0.15, 0.2) is 0 Å². The summed E-state index contributed by atoms with van der Waals surface area (Å²) in [5.41, 5.74) is 3.15. The topological polar surface area (TPSA) is 58.0 Å². The van der Waals surface area contributed by atoms with E-state index in [-0.39, 0.29) is 6.04 Å². The van der Waals surface area contributed by atoms with E-state index < -0.39 is 6.10 Å². The van der Waals surface area contributed by atoms with Gasteiger partial charge in [0.05, 0.1) is 24.0 Å². The van der Waals surface area contributed by atoms with Gasteiger partial charge in [-0.2, -0.15) is 0 Å². The van der Waals surface area contributed by atoms with Crippen LogP contribution in [0, 0.1) is 6.92 Å². The molecule has 0 unspecified atom stereocenters. The average Bonchev–Trinajstić information content (AvgIpc) is 2.71. The molecule has 1 heterocycles. The van der Waals surface area contributed by atoms with Gasteiger partial charge in [-0.05, 0) is 34.0 Å². The molecule has 2 N–H and O–H groups in total. The molecule has 1 aliphatic carbocycles. The van der Waals surface area contributed by atoms with E-state index in [9.17, 15) is 5.11 Å². The molecule has 3 rings (SSSR count). The molecule has 1 aromatic heterocycles. The normalized spacial score (nSPS) is 21.2. The van der Waals surface area contributed by atoms with Crippen LogP contribution in [0.2, 0.25) is 0 Å². The highest BCUT2D eigenvalue weighted by molar-refractivity contribution is 9.10. The van der Waals surface area contributed by atoms with Crippen molar-refractivity contribution >= 4 is 21.7 Å². The Labute approximate surface area is 120 Å². The predicted octanol–water partition coefficient (Wildman–Crippen LogP) is 2.62. The third-order valence-corrected chi connectivity index (χ3v) is 4.17. The molecule has 2 aromatic rings. The average molecular weight is 320 g/mol. The third kappa shape index (κ3) is 2.35. The van der Waals surface area contributed by atoms with Crippen LogP contribution < -0.4 is 5.32 Å². The SMILES string of the molecule is Cc1nc(N[C@@H]2c3ccccc3C[C@@H]2O)cnc1Br. The Morgan fingerprint density at radius 2 is 2.16 bits per heavy atom. The van der Waals surface area contributed by atoms with Gasteiger partial charge in [0.25, 0.3) is 0 Å². The number of hydrogen-bond donors (Lipinski definition) is 2. The van der Waals surface area contributed by atoms with Gasteiger partial charge in [-0.25, -0.2) is 9.97 Å². The van der Waals surface area contributed by atoms with E-state index in [1.807, 2.05) is 25.1 Å². The predicted molar refractivity (Wildman–Crippen MR) is 77.0 cm³/mol. The maximum Gasteiger partial charge on any atom is 0.145 e. The fourth-order valence-electron chi connectivity index (χ4n) is 2.44. The van der Waals surface area contributed by atoms with Gasteiger partial charge in [0.2, 0.25) is 0 Å². The third-order valence-electron chi connectivity index (χ3n) is 3.39. The number of halogens is 1. The van der Waals surface area contributed by atoms with Crippen LogP contribution in [0.3, 0.4) is 0 Å². The number of aliphatic hydroxyl groups is 1. The summed E-state index contributed by atoms with van der Waals surface area (Å²) >= 11 is 3.33. The molecule has 0 amide bonds. The largest absolute Gasteiger partial charge is 0.390 e. The van der Waals surface area contributed by atoms with Crippen molar-refractivity contribution in [2.75, 3.05) is 5.32 Å². The van der Waals surface area contributed by atoms with Crippen molar-refractivity contribution in [2.45, 2.75) is 25.5 Å². The number of anilines is 1. The van der Waals surface area contributed by atoms with E-state index in [2.05, 4.69) is 37.3 Å². The summed E-state index contributed by atoms with van der Waals surface area (Å²) < 4.78 is 0.741. The summed E-state index contributed by atoms with van der Waals surface area (Å²) in [6.07, 6.45) is 1.92. The van der Waals surface area contributed by atoms with Gasteiger partial charge < -0.3 is 10.4 Å². The van der Waals surface area contributed by atoms with Crippen molar-refractivity contribution in [3.05, 3.63) is 51.9 Å². The van der Waals surface area contributed by atoms with E-state index >= 15 is 0 Å². The Kier molecular flexibility index (Phi) is 3.24. The van der Waals surface area contributed by atoms with Crippen LogP contribution in [0.1, 0.15) is 22.9 Å². The van der Waals surface area contributed by atoms with Crippen molar-refractivity contribution in [1.29, 1.82) is 0 Å². The monoisotopic (exact) mass is 319 g/mol. The molecular weight excluding hydrogens is 306 g/mol. The lowest BCUT2D eigenvalue weighted by Crippen LogP contribution is -2.21.